The molecule has 1 aliphatic rings. The van der Waals surface area contributed by atoms with Gasteiger partial charge in [0.25, 0.3) is 0 Å². The standard InChI is InChI=1S/C17H27NO/c1-12-5-6-15(19-4)14(11-12)16(18)13-7-9-17(2,3)10-8-13/h5-6,11,13,16H,7-10,18H2,1-4H3. The molecule has 0 heterocycles. The maximum Gasteiger partial charge on any atom is 0.123 e. The van der Waals surface area contributed by atoms with Crippen LogP contribution in [0.15, 0.2) is 18.2 Å². The molecule has 1 saturated carbocycles. The molecule has 106 valence electrons. The van der Waals surface area contributed by atoms with Crippen LogP contribution in [-0.4, -0.2) is 7.11 Å². The van der Waals surface area contributed by atoms with Gasteiger partial charge in [-0.15, -0.1) is 0 Å². The maximum atomic E-state index is 6.52. The van der Waals surface area contributed by atoms with Gasteiger partial charge in [-0.25, -0.2) is 0 Å². The van der Waals surface area contributed by atoms with E-state index in [1.807, 2.05) is 6.07 Å². The van der Waals surface area contributed by atoms with E-state index < -0.39 is 0 Å². The molecule has 1 aliphatic carbocycles. The second-order valence-corrected chi connectivity index (χ2v) is 6.77. The molecule has 1 aromatic carbocycles. The summed E-state index contributed by atoms with van der Waals surface area (Å²) < 4.78 is 5.47. The first-order chi connectivity index (χ1) is 8.93. The molecule has 0 saturated heterocycles. The molecule has 0 aliphatic heterocycles. The van der Waals surface area contributed by atoms with Gasteiger partial charge in [0, 0.05) is 11.6 Å². The average Bonchev–Trinajstić information content (AvgIpc) is 2.38. The van der Waals surface area contributed by atoms with Gasteiger partial charge in [0.1, 0.15) is 5.75 Å². The molecule has 0 bridgehead atoms. The van der Waals surface area contributed by atoms with Crippen LogP contribution in [0.5, 0.6) is 5.75 Å². The molecule has 1 atom stereocenters. The monoisotopic (exact) mass is 261 g/mol. The highest BCUT2D eigenvalue weighted by molar-refractivity contribution is 5.39. The lowest BCUT2D eigenvalue weighted by molar-refractivity contribution is 0.172. The number of methoxy groups -OCH3 is 1. The Hall–Kier alpha value is -1.02. The topological polar surface area (TPSA) is 35.2 Å². The van der Waals surface area contributed by atoms with Gasteiger partial charge in [-0.3, -0.25) is 0 Å². The van der Waals surface area contributed by atoms with Gasteiger partial charge in [0.2, 0.25) is 0 Å². The minimum atomic E-state index is 0.103. The zero-order valence-corrected chi connectivity index (χ0v) is 12.7. The highest BCUT2D eigenvalue weighted by Gasteiger charge is 2.31. The van der Waals surface area contributed by atoms with Crippen molar-refractivity contribution < 1.29 is 4.74 Å². The third kappa shape index (κ3) is 3.30. The summed E-state index contributed by atoms with van der Waals surface area (Å²) in [5.74, 6) is 1.52. The SMILES string of the molecule is COc1ccc(C)cc1C(N)C1CCC(C)(C)CC1. The van der Waals surface area contributed by atoms with Crippen LogP contribution in [0.4, 0.5) is 0 Å². The number of benzene rings is 1. The molecule has 0 radical (unpaired) electrons. The molecule has 0 aromatic heterocycles. The summed E-state index contributed by atoms with van der Waals surface area (Å²) in [7, 11) is 1.73. The van der Waals surface area contributed by atoms with Crippen LogP contribution in [0.2, 0.25) is 0 Å². The Labute approximate surface area is 117 Å². The zero-order valence-electron chi connectivity index (χ0n) is 12.7. The van der Waals surface area contributed by atoms with Crippen LogP contribution in [0, 0.1) is 18.3 Å². The molecule has 19 heavy (non-hydrogen) atoms. The Balaban J connectivity index is 2.16. The first-order valence-corrected chi connectivity index (χ1v) is 7.33. The van der Waals surface area contributed by atoms with Crippen LogP contribution < -0.4 is 10.5 Å². The molecule has 0 amide bonds. The lowest BCUT2D eigenvalue weighted by Crippen LogP contribution is -2.29. The van der Waals surface area contributed by atoms with E-state index in [0.717, 1.165) is 5.75 Å². The van der Waals surface area contributed by atoms with Crippen LogP contribution in [0.25, 0.3) is 0 Å². The molecular weight excluding hydrogens is 234 g/mol. The van der Waals surface area contributed by atoms with Gasteiger partial charge in [-0.05, 0) is 50.0 Å². The second-order valence-electron chi connectivity index (χ2n) is 6.77. The van der Waals surface area contributed by atoms with Crippen LogP contribution in [-0.2, 0) is 0 Å². The Kier molecular flexibility index (Phi) is 4.19. The molecule has 0 spiro atoms. The van der Waals surface area contributed by atoms with Gasteiger partial charge in [-0.1, -0.05) is 31.5 Å². The molecular formula is C17H27NO. The lowest BCUT2D eigenvalue weighted by atomic mass is 9.70. The van der Waals surface area contributed by atoms with Gasteiger partial charge >= 0.3 is 0 Å². The summed E-state index contributed by atoms with van der Waals surface area (Å²) in [5.41, 5.74) is 9.44. The highest BCUT2D eigenvalue weighted by atomic mass is 16.5. The van der Waals surface area contributed by atoms with Crippen molar-refractivity contribution in [3.05, 3.63) is 29.3 Å². The van der Waals surface area contributed by atoms with Crippen molar-refractivity contribution in [1.29, 1.82) is 0 Å². The highest BCUT2D eigenvalue weighted by Crippen LogP contribution is 2.43. The van der Waals surface area contributed by atoms with Gasteiger partial charge in [0.15, 0.2) is 0 Å². The predicted molar refractivity (Wildman–Crippen MR) is 80.4 cm³/mol. The first-order valence-electron chi connectivity index (χ1n) is 7.33. The number of ether oxygens (including phenoxy) is 1. The van der Waals surface area contributed by atoms with E-state index >= 15 is 0 Å². The van der Waals surface area contributed by atoms with Crippen molar-refractivity contribution >= 4 is 0 Å². The molecule has 1 fully saturated rings. The number of hydrogen-bond acceptors (Lipinski definition) is 2. The molecule has 2 rings (SSSR count). The van der Waals surface area contributed by atoms with E-state index in [1.165, 1.54) is 36.8 Å². The first kappa shape index (κ1) is 14.4. The Morgan fingerprint density at radius 3 is 2.47 bits per heavy atom. The largest absolute Gasteiger partial charge is 0.496 e. The number of nitrogens with two attached hydrogens (primary N) is 1. The van der Waals surface area contributed by atoms with Gasteiger partial charge < -0.3 is 10.5 Å². The minimum Gasteiger partial charge on any atom is -0.496 e. The summed E-state index contributed by atoms with van der Waals surface area (Å²) in [6, 6.07) is 6.41. The van der Waals surface area contributed by atoms with Gasteiger partial charge in [0.05, 0.1) is 7.11 Å². The second kappa shape index (κ2) is 5.54. The lowest BCUT2D eigenvalue weighted by Gasteiger charge is -2.37. The number of rotatable bonds is 3. The predicted octanol–water partition coefficient (Wildman–Crippen LogP) is 4.22. The summed E-state index contributed by atoms with van der Waals surface area (Å²) in [5, 5.41) is 0. The van der Waals surface area contributed by atoms with Crippen molar-refractivity contribution in [2.24, 2.45) is 17.1 Å². The van der Waals surface area contributed by atoms with Crippen LogP contribution >= 0.6 is 0 Å². The molecule has 1 aromatic rings. The Morgan fingerprint density at radius 2 is 1.89 bits per heavy atom. The van der Waals surface area contributed by atoms with Crippen molar-refractivity contribution in [3.8, 4) is 5.75 Å². The smallest absolute Gasteiger partial charge is 0.123 e. The van der Waals surface area contributed by atoms with E-state index in [1.54, 1.807) is 7.11 Å². The zero-order chi connectivity index (χ0) is 14.0. The molecule has 2 N–H and O–H groups in total. The quantitative estimate of drug-likeness (QED) is 0.884. The Bertz CT molecular complexity index is 429. The van der Waals surface area contributed by atoms with Crippen molar-refractivity contribution in [3.63, 3.8) is 0 Å². The fraction of sp³-hybridized carbons (Fsp3) is 0.647. The van der Waals surface area contributed by atoms with Gasteiger partial charge in [-0.2, -0.15) is 0 Å². The third-order valence-corrected chi connectivity index (χ3v) is 4.64. The van der Waals surface area contributed by atoms with Crippen LogP contribution in [0.1, 0.15) is 56.7 Å². The summed E-state index contributed by atoms with van der Waals surface area (Å²) in [4.78, 5) is 0. The van der Waals surface area contributed by atoms with Crippen molar-refractivity contribution in [2.45, 2.75) is 52.5 Å². The van der Waals surface area contributed by atoms with E-state index in [2.05, 4.69) is 32.9 Å². The summed E-state index contributed by atoms with van der Waals surface area (Å²) in [6.07, 6.45) is 5.01. The Morgan fingerprint density at radius 1 is 1.26 bits per heavy atom. The molecule has 1 unspecified atom stereocenters. The summed E-state index contributed by atoms with van der Waals surface area (Å²) >= 11 is 0. The third-order valence-electron chi connectivity index (χ3n) is 4.64. The van der Waals surface area contributed by atoms with E-state index in [0.29, 0.717) is 11.3 Å². The summed E-state index contributed by atoms with van der Waals surface area (Å²) in [6.45, 7) is 6.84. The molecule has 2 nitrogen and oxygen atoms in total. The number of hydrogen-bond donors (Lipinski definition) is 1. The van der Waals surface area contributed by atoms with Crippen LogP contribution in [0.3, 0.4) is 0 Å². The van der Waals surface area contributed by atoms with E-state index in [9.17, 15) is 0 Å². The van der Waals surface area contributed by atoms with E-state index in [-0.39, 0.29) is 6.04 Å². The molecule has 2 heteroatoms. The normalized spacial score (nSPS) is 21.1. The number of aryl methyl sites for hydroxylation is 1. The maximum absolute atomic E-state index is 6.52. The fourth-order valence-corrected chi connectivity index (χ4v) is 3.15. The fourth-order valence-electron chi connectivity index (χ4n) is 3.15. The van der Waals surface area contributed by atoms with Crippen molar-refractivity contribution in [2.75, 3.05) is 7.11 Å². The van der Waals surface area contributed by atoms with E-state index in [4.69, 9.17) is 10.5 Å². The average molecular weight is 261 g/mol. The minimum absolute atomic E-state index is 0.103. The van der Waals surface area contributed by atoms with Crippen molar-refractivity contribution in [1.82, 2.24) is 0 Å².